The van der Waals surface area contributed by atoms with Gasteiger partial charge in [-0.3, -0.25) is 0 Å². The van der Waals surface area contributed by atoms with Crippen molar-refractivity contribution in [3.63, 3.8) is 0 Å². The van der Waals surface area contributed by atoms with Gasteiger partial charge in [0, 0.05) is 29.9 Å². The van der Waals surface area contributed by atoms with Crippen LogP contribution in [0.25, 0.3) is 0 Å². The molecule has 0 fully saturated rings. The Bertz CT molecular complexity index is 1050. The number of benzene rings is 1. The van der Waals surface area contributed by atoms with Crippen LogP contribution in [0.4, 0.5) is 14.9 Å². The van der Waals surface area contributed by atoms with E-state index in [-0.39, 0.29) is 29.5 Å². The first-order valence-electron chi connectivity index (χ1n) is 11.8. The molecule has 1 aromatic rings. The molecule has 1 aliphatic carbocycles. The molecular weight excluding hydrogens is 431 g/mol. The van der Waals surface area contributed by atoms with Crippen LogP contribution < -0.4 is 16.0 Å². The summed E-state index contributed by atoms with van der Waals surface area (Å²) in [6.45, 7) is 7.38. The number of hydrogen-bond acceptors (Lipinski definition) is 4. The summed E-state index contributed by atoms with van der Waals surface area (Å²) in [5.41, 5.74) is 2.70. The number of aryl methyl sites for hydroxylation is 1. The van der Waals surface area contributed by atoms with Crippen LogP contribution in [-0.2, 0) is 11.2 Å². The monoisotopic (exact) mass is 464 g/mol. The molecule has 3 rings (SSSR count). The second kappa shape index (κ2) is 11.6. The molecule has 1 heterocycles. The fourth-order valence-corrected chi connectivity index (χ4v) is 4.22. The first-order valence-corrected chi connectivity index (χ1v) is 11.8. The minimum absolute atomic E-state index is 0.0246. The van der Waals surface area contributed by atoms with Gasteiger partial charge >= 0.3 is 6.03 Å². The van der Waals surface area contributed by atoms with Gasteiger partial charge in [-0.25, -0.2) is 9.18 Å². The fourth-order valence-electron chi connectivity index (χ4n) is 4.22. The summed E-state index contributed by atoms with van der Waals surface area (Å²) >= 11 is 0. The predicted molar refractivity (Wildman–Crippen MR) is 132 cm³/mol. The lowest BCUT2D eigenvalue weighted by atomic mass is 9.73. The third-order valence-corrected chi connectivity index (χ3v) is 6.57. The standard InChI is InChI=1S/C27H33FN4O2/c1-5-19-7-9-21(10-8-19)31-27(33)32-22(14-28)11-12-23(6-2)34-25-16-30-26-18(4)17(3)20(15-29)13-24(25)26/h7-13,16-18,24,26,30H,5-6,14H2,1-4H3,(H2,31,32,33)/b22-11+,23-12+/t17-,18?,24+,26?/m1/s1. The van der Waals surface area contributed by atoms with Gasteiger partial charge in [0.1, 0.15) is 18.2 Å². The number of urea groups is 1. The van der Waals surface area contributed by atoms with E-state index in [9.17, 15) is 14.4 Å². The third-order valence-electron chi connectivity index (χ3n) is 6.57. The number of allylic oxidation sites excluding steroid dienone is 5. The van der Waals surface area contributed by atoms with Crippen molar-refractivity contribution in [2.45, 2.75) is 46.6 Å². The van der Waals surface area contributed by atoms with Crippen molar-refractivity contribution < 1.29 is 13.9 Å². The summed E-state index contributed by atoms with van der Waals surface area (Å²) in [6.07, 6.45) is 8.52. The molecule has 2 aliphatic rings. The Hall–Kier alpha value is -3.53. The molecule has 1 aromatic carbocycles. The Morgan fingerprint density at radius 2 is 1.97 bits per heavy atom. The van der Waals surface area contributed by atoms with Crippen molar-refractivity contribution in [2.24, 2.45) is 17.8 Å². The average molecular weight is 465 g/mol. The van der Waals surface area contributed by atoms with E-state index in [1.807, 2.05) is 43.5 Å². The largest absolute Gasteiger partial charge is 0.464 e. The van der Waals surface area contributed by atoms with Gasteiger partial charge in [0.05, 0.1) is 17.7 Å². The highest BCUT2D eigenvalue weighted by molar-refractivity contribution is 5.90. The number of ether oxygens (including phenoxy) is 1. The number of carbonyl (C=O) groups excluding carboxylic acids is 1. The number of nitrogens with one attached hydrogen (secondary N) is 3. The summed E-state index contributed by atoms with van der Waals surface area (Å²) in [7, 11) is 0. The Labute approximate surface area is 201 Å². The SMILES string of the molecule is CC/C(=C\C=C(/CF)NC(=O)Nc1ccc(CC)cc1)OC1=CNC2C(C)[C@@H](C)C(C#N)=C[C@@H]12. The zero-order valence-corrected chi connectivity index (χ0v) is 20.2. The average Bonchev–Trinajstić information content (AvgIpc) is 3.25. The maximum Gasteiger partial charge on any atom is 0.323 e. The lowest BCUT2D eigenvalue weighted by molar-refractivity contribution is 0.223. The number of anilines is 1. The molecule has 4 atom stereocenters. The van der Waals surface area contributed by atoms with Gasteiger partial charge in [-0.2, -0.15) is 5.26 Å². The number of amides is 2. The van der Waals surface area contributed by atoms with E-state index in [2.05, 4.69) is 42.8 Å². The van der Waals surface area contributed by atoms with E-state index in [4.69, 9.17) is 4.74 Å². The smallest absolute Gasteiger partial charge is 0.323 e. The van der Waals surface area contributed by atoms with Crippen molar-refractivity contribution in [3.05, 3.63) is 77.0 Å². The second-order valence-corrected chi connectivity index (χ2v) is 8.69. The molecule has 0 saturated carbocycles. The van der Waals surface area contributed by atoms with Gasteiger partial charge in [0.2, 0.25) is 0 Å². The van der Waals surface area contributed by atoms with Crippen LogP contribution in [0.1, 0.15) is 39.7 Å². The number of alkyl halides is 1. The van der Waals surface area contributed by atoms with E-state index < -0.39 is 12.7 Å². The number of nitrogens with zero attached hydrogens (tertiary/aromatic N) is 1. The van der Waals surface area contributed by atoms with Crippen LogP contribution in [0, 0.1) is 29.1 Å². The first-order chi connectivity index (χ1) is 16.4. The molecule has 2 unspecified atom stereocenters. The number of nitriles is 1. The summed E-state index contributed by atoms with van der Waals surface area (Å²) in [5.74, 6) is 1.82. The summed E-state index contributed by atoms with van der Waals surface area (Å²) < 4.78 is 19.7. The molecular formula is C27H33FN4O2. The quantitative estimate of drug-likeness (QED) is 0.340. The van der Waals surface area contributed by atoms with Gasteiger partial charge in [-0.15, -0.1) is 0 Å². The van der Waals surface area contributed by atoms with Crippen molar-refractivity contribution >= 4 is 11.7 Å². The zero-order valence-electron chi connectivity index (χ0n) is 20.2. The molecule has 0 saturated heterocycles. The Kier molecular flexibility index (Phi) is 8.53. The topological polar surface area (TPSA) is 86.2 Å². The van der Waals surface area contributed by atoms with E-state index in [0.717, 1.165) is 17.8 Å². The van der Waals surface area contributed by atoms with E-state index in [1.165, 1.54) is 11.6 Å². The number of fused-ring (bicyclic) bond motifs is 1. The number of carbonyl (C=O) groups is 1. The van der Waals surface area contributed by atoms with Crippen molar-refractivity contribution in [1.29, 1.82) is 5.26 Å². The molecule has 6 nitrogen and oxygen atoms in total. The fraction of sp³-hybridized carbons (Fsp3) is 0.407. The van der Waals surface area contributed by atoms with Gasteiger partial charge in [-0.05, 0) is 48.1 Å². The van der Waals surface area contributed by atoms with Gasteiger partial charge in [0.15, 0.2) is 0 Å². The van der Waals surface area contributed by atoms with Crippen molar-refractivity contribution in [1.82, 2.24) is 10.6 Å². The maximum absolute atomic E-state index is 13.6. The summed E-state index contributed by atoms with van der Waals surface area (Å²) in [4.78, 5) is 12.3. The van der Waals surface area contributed by atoms with Crippen LogP contribution >= 0.6 is 0 Å². The predicted octanol–water partition coefficient (Wildman–Crippen LogP) is 5.70. The van der Waals surface area contributed by atoms with Crippen LogP contribution in [-0.4, -0.2) is 18.7 Å². The van der Waals surface area contributed by atoms with Gasteiger partial charge in [-0.1, -0.05) is 45.9 Å². The molecule has 3 N–H and O–H groups in total. The minimum atomic E-state index is -0.825. The molecule has 0 bridgehead atoms. The van der Waals surface area contributed by atoms with Gasteiger partial charge < -0.3 is 20.7 Å². The highest BCUT2D eigenvalue weighted by atomic mass is 19.1. The molecule has 0 spiro atoms. The molecule has 0 radical (unpaired) electrons. The van der Waals surface area contributed by atoms with Crippen LogP contribution in [0.3, 0.4) is 0 Å². The first kappa shape index (κ1) is 25.1. The summed E-state index contributed by atoms with van der Waals surface area (Å²) in [5, 5.41) is 18.1. The highest BCUT2D eigenvalue weighted by Gasteiger charge is 2.40. The normalized spacial score (nSPS) is 24.2. The Balaban J connectivity index is 1.65. The Morgan fingerprint density at radius 3 is 2.59 bits per heavy atom. The summed E-state index contributed by atoms with van der Waals surface area (Å²) in [6, 6.07) is 9.49. The highest BCUT2D eigenvalue weighted by Crippen LogP contribution is 2.40. The maximum atomic E-state index is 13.6. The van der Waals surface area contributed by atoms with Crippen LogP contribution in [0.15, 0.2) is 71.5 Å². The molecule has 1 aliphatic heterocycles. The lowest BCUT2D eigenvalue weighted by Gasteiger charge is -2.34. The molecule has 2 amide bonds. The molecule has 180 valence electrons. The van der Waals surface area contributed by atoms with Gasteiger partial charge in [0.25, 0.3) is 0 Å². The Morgan fingerprint density at radius 1 is 1.24 bits per heavy atom. The van der Waals surface area contributed by atoms with E-state index >= 15 is 0 Å². The second-order valence-electron chi connectivity index (χ2n) is 8.69. The van der Waals surface area contributed by atoms with E-state index in [0.29, 0.717) is 17.9 Å². The van der Waals surface area contributed by atoms with E-state index in [1.54, 1.807) is 6.08 Å². The lowest BCUT2D eigenvalue weighted by Crippen LogP contribution is -2.40. The third kappa shape index (κ3) is 5.88. The molecule has 7 heteroatoms. The molecule has 34 heavy (non-hydrogen) atoms. The van der Waals surface area contributed by atoms with Crippen LogP contribution in [0.5, 0.6) is 0 Å². The number of hydrogen-bond donors (Lipinski definition) is 3. The number of rotatable bonds is 8. The zero-order chi connectivity index (χ0) is 24.7. The molecule has 0 aromatic heterocycles. The van der Waals surface area contributed by atoms with Crippen LogP contribution in [0.2, 0.25) is 0 Å². The van der Waals surface area contributed by atoms with Crippen molar-refractivity contribution in [3.8, 4) is 6.07 Å². The number of halogens is 1. The minimum Gasteiger partial charge on any atom is -0.464 e. The van der Waals surface area contributed by atoms with Crippen molar-refractivity contribution in [2.75, 3.05) is 12.0 Å².